The highest BCUT2D eigenvalue weighted by Crippen LogP contribution is 2.55. The number of carbonyl (C=O) groups excluding carboxylic acids is 1. The number of rotatable bonds is 2. The van der Waals surface area contributed by atoms with Crippen molar-refractivity contribution in [3.63, 3.8) is 0 Å². The molecule has 3 heterocycles. The Hall–Kier alpha value is -1.73. The second-order valence-electron chi connectivity index (χ2n) is 6.50. The van der Waals surface area contributed by atoms with Crippen molar-refractivity contribution in [2.75, 3.05) is 13.1 Å². The van der Waals surface area contributed by atoms with Gasteiger partial charge in [0, 0.05) is 22.7 Å². The minimum Gasteiger partial charge on any atom is -0.385 e. The normalized spacial score (nSPS) is 25.8. The maximum atomic E-state index is 13.6. The first-order valence-corrected chi connectivity index (χ1v) is 10.5. The molecule has 2 unspecified atom stereocenters. The van der Waals surface area contributed by atoms with E-state index in [1.807, 2.05) is 18.2 Å². The van der Waals surface area contributed by atoms with Crippen LogP contribution in [0.2, 0.25) is 15.1 Å². The summed E-state index contributed by atoms with van der Waals surface area (Å²) in [5.74, 6) is -0.147. The summed E-state index contributed by atoms with van der Waals surface area (Å²) in [4.78, 5) is 25.6. The highest BCUT2D eigenvalue weighted by Gasteiger charge is 2.66. The molecule has 0 N–H and O–H groups in total. The Bertz CT molecular complexity index is 1050. The largest absolute Gasteiger partial charge is 0.385 e. The van der Waals surface area contributed by atoms with Crippen LogP contribution in [0.5, 0.6) is 0 Å². The molecule has 5 rings (SSSR count). The average Bonchev–Trinajstić information content (AvgIpc) is 3.34. The zero-order valence-corrected chi connectivity index (χ0v) is 17.3. The SMILES string of the molecule is O=C1N2CCN=C2SC12C(c1c(Cl)cccc1Cl)=NOC2c1ccccc1Cl. The van der Waals surface area contributed by atoms with Gasteiger partial charge in [0.2, 0.25) is 0 Å². The third kappa shape index (κ3) is 2.45. The van der Waals surface area contributed by atoms with Crippen LogP contribution in [0, 0.1) is 0 Å². The number of halogens is 3. The van der Waals surface area contributed by atoms with Gasteiger partial charge in [-0.25, -0.2) is 0 Å². The third-order valence-electron chi connectivity index (χ3n) is 4.97. The van der Waals surface area contributed by atoms with Gasteiger partial charge in [0.25, 0.3) is 5.91 Å². The molecular weight excluding hydrogens is 441 g/mol. The summed E-state index contributed by atoms with van der Waals surface area (Å²) in [5, 5.41) is 6.26. The van der Waals surface area contributed by atoms with Crippen LogP contribution >= 0.6 is 46.6 Å². The van der Waals surface area contributed by atoms with Gasteiger partial charge in [-0.2, -0.15) is 0 Å². The van der Waals surface area contributed by atoms with E-state index in [0.717, 1.165) is 0 Å². The Morgan fingerprint density at radius 2 is 1.79 bits per heavy atom. The molecule has 0 aliphatic carbocycles. The van der Waals surface area contributed by atoms with E-state index in [0.29, 0.717) is 50.2 Å². The topological polar surface area (TPSA) is 54.3 Å². The zero-order chi connectivity index (χ0) is 19.5. The summed E-state index contributed by atoms with van der Waals surface area (Å²) < 4.78 is -1.20. The van der Waals surface area contributed by atoms with Crippen LogP contribution in [0.3, 0.4) is 0 Å². The van der Waals surface area contributed by atoms with Gasteiger partial charge >= 0.3 is 0 Å². The number of aliphatic imine (C=N–C) groups is 1. The number of thioether (sulfide) groups is 1. The monoisotopic (exact) mass is 451 g/mol. The summed E-state index contributed by atoms with van der Waals surface area (Å²) in [5.41, 5.74) is 1.55. The fourth-order valence-corrected chi connectivity index (χ4v) is 5.95. The maximum absolute atomic E-state index is 13.6. The van der Waals surface area contributed by atoms with Crippen LogP contribution in [0.25, 0.3) is 0 Å². The highest BCUT2D eigenvalue weighted by atomic mass is 35.5. The van der Waals surface area contributed by atoms with Gasteiger partial charge in [0.15, 0.2) is 16.0 Å². The predicted octanol–water partition coefficient (Wildman–Crippen LogP) is 4.81. The molecular formula is C19H12Cl3N3O2S. The Morgan fingerprint density at radius 3 is 2.50 bits per heavy atom. The van der Waals surface area contributed by atoms with Crippen molar-refractivity contribution in [2.24, 2.45) is 10.1 Å². The first-order chi connectivity index (χ1) is 13.5. The molecule has 9 heteroatoms. The van der Waals surface area contributed by atoms with Gasteiger partial charge in [0.05, 0.1) is 16.6 Å². The van der Waals surface area contributed by atoms with E-state index < -0.39 is 10.9 Å². The zero-order valence-electron chi connectivity index (χ0n) is 14.2. The van der Waals surface area contributed by atoms with Crippen molar-refractivity contribution in [3.8, 4) is 0 Å². The Morgan fingerprint density at radius 1 is 1.07 bits per heavy atom. The molecule has 0 bridgehead atoms. The van der Waals surface area contributed by atoms with Crippen molar-refractivity contribution in [1.29, 1.82) is 0 Å². The second-order valence-corrected chi connectivity index (χ2v) is 8.94. The molecule has 3 aliphatic rings. The van der Waals surface area contributed by atoms with E-state index in [4.69, 9.17) is 39.6 Å². The van der Waals surface area contributed by atoms with Crippen molar-refractivity contribution in [1.82, 2.24) is 4.90 Å². The summed E-state index contributed by atoms with van der Waals surface area (Å²) in [6.45, 7) is 1.11. The van der Waals surface area contributed by atoms with Crippen LogP contribution in [0.4, 0.5) is 0 Å². The third-order valence-corrected chi connectivity index (χ3v) is 7.38. The fourth-order valence-electron chi connectivity index (χ4n) is 3.70. The van der Waals surface area contributed by atoms with E-state index in [1.54, 1.807) is 29.2 Å². The van der Waals surface area contributed by atoms with Gasteiger partial charge in [-0.05, 0) is 18.2 Å². The minimum atomic E-state index is -1.20. The summed E-state index contributed by atoms with van der Waals surface area (Å²) >= 11 is 20.7. The minimum absolute atomic E-state index is 0.147. The Labute approximate surface area is 180 Å². The molecule has 2 atom stereocenters. The van der Waals surface area contributed by atoms with Crippen molar-refractivity contribution in [2.45, 2.75) is 10.9 Å². The van der Waals surface area contributed by atoms with Crippen LogP contribution in [-0.4, -0.2) is 39.5 Å². The molecule has 2 aromatic carbocycles. The first kappa shape index (κ1) is 18.3. The molecule has 0 saturated carbocycles. The molecule has 3 aliphatic heterocycles. The smallest absolute Gasteiger partial charge is 0.255 e. The maximum Gasteiger partial charge on any atom is 0.255 e. The number of oxime groups is 1. The Balaban J connectivity index is 1.73. The van der Waals surface area contributed by atoms with Crippen molar-refractivity contribution >= 4 is 63.4 Å². The molecule has 5 nitrogen and oxygen atoms in total. The molecule has 2 aromatic rings. The van der Waals surface area contributed by atoms with Gasteiger partial charge in [-0.3, -0.25) is 14.7 Å². The number of benzene rings is 2. The number of fused-ring (bicyclic) bond motifs is 1. The molecule has 142 valence electrons. The predicted molar refractivity (Wildman–Crippen MR) is 113 cm³/mol. The van der Waals surface area contributed by atoms with E-state index in [-0.39, 0.29) is 5.91 Å². The molecule has 0 aromatic heterocycles. The van der Waals surface area contributed by atoms with Crippen LogP contribution in [-0.2, 0) is 9.63 Å². The first-order valence-electron chi connectivity index (χ1n) is 8.52. The van der Waals surface area contributed by atoms with Crippen LogP contribution in [0.1, 0.15) is 17.2 Å². The summed E-state index contributed by atoms with van der Waals surface area (Å²) in [6, 6.07) is 12.4. The standard InChI is InChI=1S/C19H12Cl3N3O2S/c20-11-5-2-1-4-10(11)16-19(17(26)25-9-8-23-18(25)28-19)15(24-27-16)14-12(21)6-3-7-13(14)22/h1-7,16H,8-9H2. The molecule has 1 amide bonds. The highest BCUT2D eigenvalue weighted by molar-refractivity contribution is 8.17. The summed E-state index contributed by atoms with van der Waals surface area (Å²) in [7, 11) is 0. The number of amides is 1. The van der Waals surface area contributed by atoms with Crippen LogP contribution in [0.15, 0.2) is 52.6 Å². The molecule has 1 saturated heterocycles. The fraction of sp³-hybridized carbons (Fsp3) is 0.211. The van der Waals surface area contributed by atoms with Gasteiger partial charge in [0.1, 0.15) is 5.71 Å². The lowest BCUT2D eigenvalue weighted by molar-refractivity contribution is -0.129. The van der Waals surface area contributed by atoms with E-state index >= 15 is 0 Å². The van der Waals surface area contributed by atoms with E-state index in [2.05, 4.69) is 10.1 Å². The van der Waals surface area contributed by atoms with E-state index in [9.17, 15) is 4.79 Å². The average molecular weight is 453 g/mol. The van der Waals surface area contributed by atoms with Gasteiger partial charge in [-0.1, -0.05) is 76.0 Å². The summed E-state index contributed by atoms with van der Waals surface area (Å²) in [6.07, 6.45) is -0.727. The molecule has 0 radical (unpaired) electrons. The van der Waals surface area contributed by atoms with Crippen molar-refractivity contribution in [3.05, 3.63) is 68.7 Å². The quantitative estimate of drug-likeness (QED) is 0.657. The lowest BCUT2D eigenvalue weighted by Gasteiger charge is -2.28. The lowest BCUT2D eigenvalue weighted by atomic mass is 9.86. The lowest BCUT2D eigenvalue weighted by Crippen LogP contribution is -2.48. The van der Waals surface area contributed by atoms with Crippen LogP contribution < -0.4 is 0 Å². The number of hydrogen-bond acceptors (Lipinski definition) is 5. The number of amidine groups is 1. The van der Waals surface area contributed by atoms with Crippen molar-refractivity contribution < 1.29 is 9.63 Å². The number of carbonyl (C=O) groups is 1. The molecule has 1 fully saturated rings. The Kier molecular flexibility index (Phi) is 4.36. The van der Waals surface area contributed by atoms with E-state index in [1.165, 1.54) is 11.8 Å². The molecule has 28 heavy (non-hydrogen) atoms. The second kappa shape index (κ2) is 6.66. The number of hydrogen-bond donors (Lipinski definition) is 0. The molecule has 1 spiro atoms. The van der Waals surface area contributed by atoms with Gasteiger partial charge < -0.3 is 4.84 Å². The number of nitrogens with zero attached hydrogens (tertiary/aromatic N) is 3. The van der Waals surface area contributed by atoms with Gasteiger partial charge in [-0.15, -0.1) is 0 Å².